The lowest BCUT2D eigenvalue weighted by molar-refractivity contribution is 0.379. The highest BCUT2D eigenvalue weighted by atomic mass is 14.6. The third-order valence-corrected chi connectivity index (χ3v) is 1.90. The summed E-state index contributed by atoms with van der Waals surface area (Å²) in [6.07, 6.45) is 4.22. The molecule has 2 nitrogen and oxygen atoms in total. The molecule has 0 aromatic rings. The van der Waals surface area contributed by atoms with Gasteiger partial charge in [-0.2, -0.15) is 5.26 Å². The van der Waals surface area contributed by atoms with Crippen molar-refractivity contribution in [1.29, 1.82) is 5.26 Å². The van der Waals surface area contributed by atoms with Gasteiger partial charge in [-0.25, -0.2) is 0 Å². The van der Waals surface area contributed by atoms with Gasteiger partial charge in [-0.1, -0.05) is 6.42 Å². The van der Waals surface area contributed by atoms with Crippen LogP contribution in [-0.2, 0) is 0 Å². The monoisotopic (exact) mass is 124 g/mol. The standard InChI is InChI=1S/C7H12N2/c8-5-6-2-1-3-7(9)4-6/h6-7H,1-4,9H2/t6-,7-/m0/s1. The van der Waals surface area contributed by atoms with Gasteiger partial charge in [0.1, 0.15) is 0 Å². The SMILES string of the molecule is N#C[C@H]1CCC[C@H](N)C1. The highest BCUT2D eigenvalue weighted by Gasteiger charge is 2.17. The van der Waals surface area contributed by atoms with E-state index < -0.39 is 0 Å². The first kappa shape index (κ1) is 6.57. The lowest BCUT2D eigenvalue weighted by Crippen LogP contribution is -2.26. The van der Waals surface area contributed by atoms with Gasteiger partial charge in [0.2, 0.25) is 0 Å². The fraction of sp³-hybridized carbons (Fsp3) is 0.857. The maximum atomic E-state index is 8.50. The van der Waals surface area contributed by atoms with Gasteiger partial charge in [0.05, 0.1) is 6.07 Å². The minimum Gasteiger partial charge on any atom is -0.328 e. The first-order chi connectivity index (χ1) is 4.33. The lowest BCUT2D eigenvalue weighted by atomic mass is 9.87. The molecule has 9 heavy (non-hydrogen) atoms. The van der Waals surface area contributed by atoms with E-state index in [-0.39, 0.29) is 5.92 Å². The molecule has 50 valence electrons. The molecular weight excluding hydrogens is 112 g/mol. The van der Waals surface area contributed by atoms with Crippen LogP contribution in [0.2, 0.25) is 0 Å². The zero-order valence-electron chi connectivity index (χ0n) is 5.51. The molecule has 0 aliphatic heterocycles. The largest absolute Gasteiger partial charge is 0.328 e. The summed E-state index contributed by atoms with van der Waals surface area (Å²) < 4.78 is 0. The molecule has 1 saturated carbocycles. The fourth-order valence-electron chi connectivity index (χ4n) is 1.34. The van der Waals surface area contributed by atoms with E-state index in [1.54, 1.807) is 0 Å². The summed E-state index contributed by atoms with van der Waals surface area (Å²) in [5, 5.41) is 8.50. The molecule has 1 aliphatic carbocycles. The van der Waals surface area contributed by atoms with Gasteiger partial charge < -0.3 is 5.73 Å². The molecular formula is C7H12N2. The van der Waals surface area contributed by atoms with Crippen LogP contribution in [0.5, 0.6) is 0 Å². The molecule has 1 rings (SSSR count). The number of hydrogen-bond acceptors (Lipinski definition) is 2. The van der Waals surface area contributed by atoms with Crippen LogP contribution in [0.1, 0.15) is 25.7 Å². The molecule has 0 aromatic carbocycles. The van der Waals surface area contributed by atoms with E-state index in [4.69, 9.17) is 11.0 Å². The van der Waals surface area contributed by atoms with Gasteiger partial charge in [-0.15, -0.1) is 0 Å². The normalized spacial score (nSPS) is 35.6. The molecule has 2 N–H and O–H groups in total. The number of rotatable bonds is 0. The van der Waals surface area contributed by atoms with Crippen LogP contribution in [0.15, 0.2) is 0 Å². The lowest BCUT2D eigenvalue weighted by Gasteiger charge is -2.20. The highest BCUT2D eigenvalue weighted by molar-refractivity contribution is 4.88. The number of nitrogens with two attached hydrogens (primary N) is 1. The Balaban J connectivity index is 2.34. The second kappa shape index (κ2) is 2.84. The third kappa shape index (κ3) is 1.69. The number of nitriles is 1. The molecule has 0 saturated heterocycles. The molecule has 1 fully saturated rings. The smallest absolute Gasteiger partial charge is 0.0656 e. The van der Waals surface area contributed by atoms with Gasteiger partial charge >= 0.3 is 0 Å². The van der Waals surface area contributed by atoms with Crippen LogP contribution < -0.4 is 5.73 Å². The first-order valence-corrected chi connectivity index (χ1v) is 3.48. The van der Waals surface area contributed by atoms with Crippen LogP contribution in [0.25, 0.3) is 0 Å². The van der Waals surface area contributed by atoms with Crippen molar-refractivity contribution in [1.82, 2.24) is 0 Å². The molecule has 0 aromatic heterocycles. The van der Waals surface area contributed by atoms with E-state index >= 15 is 0 Å². The van der Waals surface area contributed by atoms with Gasteiger partial charge in [-0.05, 0) is 19.3 Å². The van der Waals surface area contributed by atoms with Crippen molar-refractivity contribution in [3.63, 3.8) is 0 Å². The van der Waals surface area contributed by atoms with Gasteiger partial charge in [0, 0.05) is 12.0 Å². The highest BCUT2D eigenvalue weighted by Crippen LogP contribution is 2.21. The average molecular weight is 124 g/mol. The van der Waals surface area contributed by atoms with Crippen molar-refractivity contribution in [2.75, 3.05) is 0 Å². The van der Waals surface area contributed by atoms with E-state index in [0.29, 0.717) is 6.04 Å². The Hall–Kier alpha value is -0.550. The fourth-order valence-corrected chi connectivity index (χ4v) is 1.34. The molecule has 0 heterocycles. The Morgan fingerprint density at radius 2 is 2.22 bits per heavy atom. The summed E-state index contributed by atoms with van der Waals surface area (Å²) in [6.45, 7) is 0. The van der Waals surface area contributed by atoms with Crippen LogP contribution in [-0.4, -0.2) is 6.04 Å². The van der Waals surface area contributed by atoms with Crippen molar-refractivity contribution in [3.05, 3.63) is 0 Å². The summed E-state index contributed by atoms with van der Waals surface area (Å²) >= 11 is 0. The van der Waals surface area contributed by atoms with E-state index in [9.17, 15) is 0 Å². The summed E-state index contributed by atoms with van der Waals surface area (Å²) in [6, 6.07) is 2.55. The van der Waals surface area contributed by atoms with Crippen molar-refractivity contribution < 1.29 is 0 Å². The van der Waals surface area contributed by atoms with E-state index in [2.05, 4.69) is 6.07 Å². The van der Waals surface area contributed by atoms with E-state index in [1.807, 2.05) is 0 Å². The Bertz CT molecular complexity index is 125. The summed E-state index contributed by atoms with van der Waals surface area (Å²) in [5.74, 6) is 0.244. The predicted octanol–water partition coefficient (Wildman–Crippen LogP) is 1.03. The van der Waals surface area contributed by atoms with Crippen LogP contribution in [0.3, 0.4) is 0 Å². The molecule has 2 atom stereocenters. The molecule has 0 amide bonds. The number of hydrogen-bond donors (Lipinski definition) is 1. The second-order valence-electron chi connectivity index (χ2n) is 2.75. The average Bonchev–Trinajstić information content (AvgIpc) is 1.88. The summed E-state index contributed by atoms with van der Waals surface area (Å²) in [7, 11) is 0. The molecule has 2 heteroatoms. The maximum absolute atomic E-state index is 8.50. The molecule has 0 radical (unpaired) electrons. The Morgan fingerprint density at radius 1 is 1.44 bits per heavy atom. The zero-order valence-corrected chi connectivity index (χ0v) is 5.51. The molecule has 0 unspecified atom stereocenters. The second-order valence-corrected chi connectivity index (χ2v) is 2.75. The minimum absolute atomic E-state index is 0.244. The van der Waals surface area contributed by atoms with Crippen LogP contribution in [0, 0.1) is 17.2 Å². The van der Waals surface area contributed by atoms with Gasteiger partial charge in [-0.3, -0.25) is 0 Å². The molecule has 0 bridgehead atoms. The predicted molar refractivity (Wildman–Crippen MR) is 35.5 cm³/mol. The Kier molecular flexibility index (Phi) is 2.07. The Morgan fingerprint density at radius 3 is 2.67 bits per heavy atom. The van der Waals surface area contributed by atoms with E-state index in [1.165, 1.54) is 0 Å². The zero-order chi connectivity index (χ0) is 6.69. The van der Waals surface area contributed by atoms with Crippen molar-refractivity contribution in [2.24, 2.45) is 11.7 Å². The minimum atomic E-state index is 0.244. The third-order valence-electron chi connectivity index (χ3n) is 1.90. The van der Waals surface area contributed by atoms with E-state index in [0.717, 1.165) is 25.7 Å². The van der Waals surface area contributed by atoms with Crippen LogP contribution >= 0.6 is 0 Å². The quantitative estimate of drug-likeness (QED) is 0.524. The molecule has 1 aliphatic rings. The summed E-state index contributed by atoms with van der Waals surface area (Å²) in [4.78, 5) is 0. The number of nitrogens with zero attached hydrogens (tertiary/aromatic N) is 1. The summed E-state index contributed by atoms with van der Waals surface area (Å²) in [5.41, 5.74) is 5.65. The topological polar surface area (TPSA) is 49.8 Å². The van der Waals surface area contributed by atoms with Crippen molar-refractivity contribution in [3.8, 4) is 6.07 Å². The van der Waals surface area contributed by atoms with Gasteiger partial charge in [0.25, 0.3) is 0 Å². The first-order valence-electron chi connectivity index (χ1n) is 3.48. The van der Waals surface area contributed by atoms with Gasteiger partial charge in [0.15, 0.2) is 0 Å². The van der Waals surface area contributed by atoms with Crippen molar-refractivity contribution in [2.45, 2.75) is 31.7 Å². The van der Waals surface area contributed by atoms with Crippen LogP contribution in [0.4, 0.5) is 0 Å². The van der Waals surface area contributed by atoms with Crippen molar-refractivity contribution >= 4 is 0 Å². The Labute approximate surface area is 55.7 Å². The molecule has 0 spiro atoms. The maximum Gasteiger partial charge on any atom is 0.0656 e.